The van der Waals surface area contributed by atoms with Crippen LogP contribution in [0.2, 0.25) is 0 Å². The molecule has 0 spiro atoms. The largest absolute Gasteiger partial charge is 0.491 e. The van der Waals surface area contributed by atoms with Crippen molar-refractivity contribution in [1.29, 1.82) is 0 Å². The van der Waals surface area contributed by atoms with Crippen LogP contribution in [-0.2, 0) is 9.47 Å². The van der Waals surface area contributed by atoms with E-state index in [1.807, 2.05) is 13.8 Å². The maximum absolute atomic E-state index is 12.6. The summed E-state index contributed by atoms with van der Waals surface area (Å²) in [7, 11) is 0. The van der Waals surface area contributed by atoms with E-state index in [0.29, 0.717) is 58.8 Å². The van der Waals surface area contributed by atoms with Crippen LogP contribution in [-0.4, -0.2) is 62.8 Å². The molecule has 0 radical (unpaired) electrons. The highest BCUT2D eigenvalue weighted by Crippen LogP contribution is 2.24. The maximum atomic E-state index is 12.6. The SMILES string of the molecule is CC(CCCC(C)Oc1ccc(C(=O)Oc2ccc(OCC3CO3)cc2)cc1)Oc1ccc(C(=O)Oc2ccc(OCC3CO3)cc2)cc1. The van der Waals surface area contributed by atoms with E-state index < -0.39 is 11.9 Å². The van der Waals surface area contributed by atoms with Gasteiger partial charge in [0, 0.05) is 0 Å². The zero-order valence-electron chi connectivity index (χ0n) is 27.6. The van der Waals surface area contributed by atoms with Gasteiger partial charge in [-0.05, 0) is 130 Å². The number of hydrogen-bond donors (Lipinski definition) is 0. The van der Waals surface area contributed by atoms with Crippen molar-refractivity contribution in [2.45, 2.75) is 57.5 Å². The number of epoxide rings is 2. The van der Waals surface area contributed by atoms with Crippen molar-refractivity contribution in [3.8, 4) is 34.5 Å². The quantitative estimate of drug-likeness (QED) is 0.0619. The van der Waals surface area contributed by atoms with Crippen LogP contribution in [0.3, 0.4) is 0 Å². The molecule has 256 valence electrons. The molecule has 2 heterocycles. The molecule has 0 saturated carbocycles. The van der Waals surface area contributed by atoms with Gasteiger partial charge in [-0.3, -0.25) is 0 Å². The third-order valence-corrected chi connectivity index (χ3v) is 7.82. The fourth-order valence-electron chi connectivity index (χ4n) is 4.86. The van der Waals surface area contributed by atoms with Crippen LogP contribution in [0.5, 0.6) is 34.5 Å². The Balaban J connectivity index is 0.863. The van der Waals surface area contributed by atoms with Gasteiger partial charge in [0.15, 0.2) is 0 Å². The summed E-state index contributed by atoms with van der Waals surface area (Å²) in [6.07, 6.45) is 2.87. The number of carbonyl (C=O) groups excluding carboxylic acids is 2. The molecule has 0 aromatic heterocycles. The van der Waals surface area contributed by atoms with Crippen molar-refractivity contribution in [2.75, 3.05) is 26.4 Å². The van der Waals surface area contributed by atoms with E-state index in [-0.39, 0.29) is 24.4 Å². The molecule has 0 bridgehead atoms. The van der Waals surface area contributed by atoms with E-state index in [0.717, 1.165) is 32.5 Å². The summed E-state index contributed by atoms with van der Waals surface area (Å²) >= 11 is 0. The highest BCUT2D eigenvalue weighted by Gasteiger charge is 2.24. The van der Waals surface area contributed by atoms with Crippen LogP contribution < -0.4 is 28.4 Å². The van der Waals surface area contributed by atoms with E-state index in [1.165, 1.54) is 0 Å². The van der Waals surface area contributed by atoms with Crippen LogP contribution in [0, 0.1) is 0 Å². The summed E-state index contributed by atoms with van der Waals surface area (Å²) in [5.74, 6) is 2.74. The second-order valence-corrected chi connectivity index (χ2v) is 12.1. The third-order valence-electron chi connectivity index (χ3n) is 7.82. The van der Waals surface area contributed by atoms with Crippen LogP contribution in [0.1, 0.15) is 53.8 Å². The Morgan fingerprint density at radius 2 is 0.878 bits per heavy atom. The molecule has 4 atom stereocenters. The van der Waals surface area contributed by atoms with E-state index in [4.69, 9.17) is 37.9 Å². The van der Waals surface area contributed by atoms with Crippen LogP contribution in [0.25, 0.3) is 0 Å². The second-order valence-electron chi connectivity index (χ2n) is 12.1. The molecule has 0 amide bonds. The van der Waals surface area contributed by atoms with Crippen molar-refractivity contribution >= 4 is 11.9 Å². The van der Waals surface area contributed by atoms with Gasteiger partial charge < -0.3 is 37.9 Å². The lowest BCUT2D eigenvalue weighted by molar-refractivity contribution is 0.0725. The molecule has 10 nitrogen and oxygen atoms in total. The minimum atomic E-state index is -0.449. The van der Waals surface area contributed by atoms with Gasteiger partial charge in [0.05, 0.1) is 36.5 Å². The minimum absolute atomic E-state index is 0.0245. The predicted octanol–water partition coefficient (Wildman–Crippen LogP) is 7.09. The molecule has 0 N–H and O–H groups in total. The molecule has 4 unspecified atom stereocenters. The van der Waals surface area contributed by atoms with E-state index in [9.17, 15) is 9.59 Å². The van der Waals surface area contributed by atoms with Crippen LogP contribution >= 0.6 is 0 Å². The Labute approximate surface area is 285 Å². The summed E-state index contributed by atoms with van der Waals surface area (Å²) in [6.45, 7) is 6.54. The lowest BCUT2D eigenvalue weighted by Crippen LogP contribution is -2.16. The van der Waals surface area contributed by atoms with E-state index >= 15 is 0 Å². The first-order chi connectivity index (χ1) is 23.9. The fraction of sp³-hybridized carbons (Fsp3) is 0.333. The lowest BCUT2D eigenvalue weighted by atomic mass is 10.1. The number of carbonyl (C=O) groups is 2. The van der Waals surface area contributed by atoms with Crippen molar-refractivity contribution in [3.05, 3.63) is 108 Å². The molecule has 6 rings (SSSR count). The summed E-state index contributed by atoms with van der Waals surface area (Å²) in [4.78, 5) is 25.2. The van der Waals surface area contributed by atoms with Gasteiger partial charge in [-0.2, -0.15) is 0 Å². The zero-order valence-corrected chi connectivity index (χ0v) is 27.6. The first-order valence-corrected chi connectivity index (χ1v) is 16.5. The molecule has 0 aliphatic carbocycles. The number of benzene rings is 4. The summed E-state index contributed by atoms with van der Waals surface area (Å²) in [6, 6.07) is 27.7. The summed E-state index contributed by atoms with van der Waals surface area (Å²) < 4.78 is 44.6. The lowest BCUT2D eigenvalue weighted by Gasteiger charge is -2.18. The molecule has 2 fully saturated rings. The molecule has 10 heteroatoms. The number of hydrogen-bond acceptors (Lipinski definition) is 10. The monoisotopic (exact) mass is 668 g/mol. The number of rotatable bonds is 18. The van der Waals surface area contributed by atoms with E-state index in [1.54, 1.807) is 97.1 Å². The Hall–Kier alpha value is -5.06. The topological polar surface area (TPSA) is 115 Å². The highest BCUT2D eigenvalue weighted by atomic mass is 16.6. The highest BCUT2D eigenvalue weighted by molar-refractivity contribution is 5.91. The first-order valence-electron chi connectivity index (χ1n) is 16.5. The van der Waals surface area contributed by atoms with Gasteiger partial charge in [0.25, 0.3) is 0 Å². The van der Waals surface area contributed by atoms with Crippen molar-refractivity contribution < 1.29 is 47.5 Å². The van der Waals surface area contributed by atoms with Gasteiger partial charge in [0.2, 0.25) is 0 Å². The van der Waals surface area contributed by atoms with Gasteiger partial charge in [0.1, 0.15) is 59.9 Å². The van der Waals surface area contributed by atoms with Crippen molar-refractivity contribution in [2.24, 2.45) is 0 Å². The molecule has 2 aliphatic heterocycles. The fourth-order valence-corrected chi connectivity index (χ4v) is 4.86. The first kappa shape index (κ1) is 33.8. The Morgan fingerprint density at radius 3 is 1.22 bits per heavy atom. The summed E-state index contributed by atoms with van der Waals surface area (Å²) in [5.41, 5.74) is 0.858. The Kier molecular flexibility index (Phi) is 11.3. The van der Waals surface area contributed by atoms with Crippen molar-refractivity contribution in [1.82, 2.24) is 0 Å². The minimum Gasteiger partial charge on any atom is -0.491 e. The molecule has 4 aromatic carbocycles. The number of esters is 2. The van der Waals surface area contributed by atoms with Crippen LogP contribution in [0.15, 0.2) is 97.1 Å². The van der Waals surface area contributed by atoms with Gasteiger partial charge in [-0.1, -0.05) is 0 Å². The van der Waals surface area contributed by atoms with Gasteiger partial charge in [-0.25, -0.2) is 9.59 Å². The van der Waals surface area contributed by atoms with Gasteiger partial charge in [-0.15, -0.1) is 0 Å². The molecular formula is C39H40O10. The Bertz CT molecular complexity index is 1520. The molecule has 2 saturated heterocycles. The average molecular weight is 669 g/mol. The summed E-state index contributed by atoms with van der Waals surface area (Å²) in [5, 5.41) is 0. The van der Waals surface area contributed by atoms with E-state index in [2.05, 4.69) is 0 Å². The van der Waals surface area contributed by atoms with Crippen molar-refractivity contribution in [3.63, 3.8) is 0 Å². The van der Waals surface area contributed by atoms with Gasteiger partial charge >= 0.3 is 11.9 Å². The Morgan fingerprint density at radius 1 is 0.551 bits per heavy atom. The standard InChI is InChI=1S/C39H40O10/c1-26(46-32-10-6-28(7-11-32)38(40)48-34-18-14-30(15-19-34)42-22-36-24-44-36)4-3-5-27(2)47-33-12-8-29(9-13-33)39(41)49-35-20-16-31(17-21-35)43-23-37-25-45-37/h6-21,26-27,36-37H,3-5,22-25H2,1-2H3. The maximum Gasteiger partial charge on any atom is 0.343 e. The normalized spacial score (nSPS) is 17.3. The third kappa shape index (κ3) is 11.0. The molecule has 2 aliphatic rings. The molecule has 4 aromatic rings. The predicted molar refractivity (Wildman–Crippen MR) is 180 cm³/mol. The smallest absolute Gasteiger partial charge is 0.343 e. The second kappa shape index (κ2) is 16.4. The molecular weight excluding hydrogens is 628 g/mol. The number of ether oxygens (including phenoxy) is 8. The zero-order chi connectivity index (χ0) is 34.0. The van der Waals surface area contributed by atoms with Crippen LogP contribution in [0.4, 0.5) is 0 Å². The average Bonchev–Trinajstić information content (AvgIpc) is 4.05. The molecule has 49 heavy (non-hydrogen) atoms.